The van der Waals surface area contributed by atoms with Gasteiger partial charge in [-0.3, -0.25) is 0 Å². The Hall–Kier alpha value is -1.83. The maximum absolute atomic E-state index is 13.6. The van der Waals surface area contributed by atoms with Crippen LogP contribution in [0.1, 0.15) is 48.1 Å². The van der Waals surface area contributed by atoms with Gasteiger partial charge in [-0.1, -0.05) is 24.3 Å². The van der Waals surface area contributed by atoms with Crippen molar-refractivity contribution in [1.29, 1.82) is 0 Å². The van der Waals surface area contributed by atoms with Gasteiger partial charge in [0, 0.05) is 11.7 Å². The molecule has 0 spiro atoms. The lowest BCUT2D eigenvalue weighted by Gasteiger charge is -2.21. The number of halogens is 1. The van der Waals surface area contributed by atoms with Crippen LogP contribution in [0.2, 0.25) is 0 Å². The highest BCUT2D eigenvalue weighted by Crippen LogP contribution is 2.26. The van der Waals surface area contributed by atoms with Crippen LogP contribution in [0.25, 0.3) is 0 Å². The molecular weight excluding hydrogens is 261 g/mol. The molecule has 1 aliphatic carbocycles. The molecule has 1 atom stereocenters. The van der Waals surface area contributed by atoms with Crippen molar-refractivity contribution >= 4 is 5.69 Å². The highest BCUT2D eigenvalue weighted by atomic mass is 19.1. The average molecular weight is 283 g/mol. The molecule has 0 radical (unpaired) electrons. The van der Waals surface area contributed by atoms with Gasteiger partial charge < -0.3 is 5.32 Å². The van der Waals surface area contributed by atoms with E-state index in [1.54, 1.807) is 13.0 Å². The summed E-state index contributed by atoms with van der Waals surface area (Å²) in [6.45, 7) is 3.91. The number of nitrogens with one attached hydrogen (secondary N) is 1. The maximum atomic E-state index is 13.6. The van der Waals surface area contributed by atoms with E-state index in [-0.39, 0.29) is 11.9 Å². The first kappa shape index (κ1) is 14.1. The van der Waals surface area contributed by atoms with Crippen LogP contribution in [0.15, 0.2) is 36.4 Å². The van der Waals surface area contributed by atoms with Gasteiger partial charge in [0.2, 0.25) is 0 Å². The van der Waals surface area contributed by atoms with Crippen molar-refractivity contribution in [1.82, 2.24) is 0 Å². The summed E-state index contributed by atoms with van der Waals surface area (Å²) < 4.78 is 13.6. The molecule has 0 fully saturated rings. The number of fused-ring (bicyclic) bond motifs is 1. The summed E-state index contributed by atoms with van der Waals surface area (Å²) in [6, 6.07) is 12.3. The molecule has 1 aliphatic rings. The molecular formula is C19H22FN. The van der Waals surface area contributed by atoms with Gasteiger partial charge >= 0.3 is 0 Å². The van der Waals surface area contributed by atoms with Crippen molar-refractivity contribution in [2.75, 3.05) is 5.32 Å². The van der Waals surface area contributed by atoms with Crippen molar-refractivity contribution in [3.63, 3.8) is 0 Å². The fraction of sp³-hybridized carbons (Fsp3) is 0.368. The largest absolute Gasteiger partial charge is 0.378 e. The first-order valence-electron chi connectivity index (χ1n) is 7.78. The Kier molecular flexibility index (Phi) is 3.96. The van der Waals surface area contributed by atoms with E-state index in [4.69, 9.17) is 0 Å². The van der Waals surface area contributed by atoms with Gasteiger partial charge in [-0.2, -0.15) is 0 Å². The number of hydrogen-bond donors (Lipinski definition) is 1. The topological polar surface area (TPSA) is 12.0 Å². The lowest BCUT2D eigenvalue weighted by molar-refractivity contribution is 0.618. The molecule has 0 amide bonds. The minimum Gasteiger partial charge on any atom is -0.378 e. The smallest absolute Gasteiger partial charge is 0.128 e. The van der Waals surface area contributed by atoms with Crippen molar-refractivity contribution in [2.45, 2.75) is 45.6 Å². The number of benzene rings is 2. The van der Waals surface area contributed by atoms with Crippen LogP contribution >= 0.6 is 0 Å². The fourth-order valence-corrected chi connectivity index (χ4v) is 3.04. The fourth-order valence-electron chi connectivity index (χ4n) is 3.04. The molecule has 0 saturated carbocycles. The van der Waals surface area contributed by atoms with E-state index in [9.17, 15) is 4.39 Å². The molecule has 21 heavy (non-hydrogen) atoms. The molecule has 1 unspecified atom stereocenters. The lowest BCUT2D eigenvalue weighted by Crippen LogP contribution is -2.09. The minimum absolute atomic E-state index is 0.155. The maximum Gasteiger partial charge on any atom is 0.128 e. The SMILES string of the molecule is Cc1ccc(NC(C)c2ccc3c(c2)CCCC3)cc1F. The third kappa shape index (κ3) is 3.10. The Labute approximate surface area is 126 Å². The number of anilines is 1. The van der Waals surface area contributed by atoms with Crippen molar-refractivity contribution in [2.24, 2.45) is 0 Å². The number of rotatable bonds is 3. The van der Waals surface area contributed by atoms with Gasteiger partial charge in [0.1, 0.15) is 5.82 Å². The molecule has 1 N–H and O–H groups in total. The normalized spacial score (nSPS) is 15.4. The Morgan fingerprint density at radius 1 is 1.00 bits per heavy atom. The summed E-state index contributed by atoms with van der Waals surface area (Å²) in [5.74, 6) is -0.155. The molecule has 0 aromatic heterocycles. The molecule has 0 aliphatic heterocycles. The molecule has 0 bridgehead atoms. The van der Waals surface area contributed by atoms with E-state index >= 15 is 0 Å². The minimum atomic E-state index is -0.155. The molecule has 2 heteroatoms. The Balaban J connectivity index is 1.78. The molecule has 2 aromatic rings. The molecule has 110 valence electrons. The highest BCUT2D eigenvalue weighted by molar-refractivity contribution is 5.48. The predicted octanol–water partition coefficient (Wildman–Crippen LogP) is 5.19. The summed E-state index contributed by atoms with van der Waals surface area (Å²) in [4.78, 5) is 0. The first-order chi connectivity index (χ1) is 10.1. The van der Waals surface area contributed by atoms with Gasteiger partial charge in [-0.05, 0) is 73.9 Å². The zero-order valence-corrected chi connectivity index (χ0v) is 12.7. The molecule has 0 saturated heterocycles. The Morgan fingerprint density at radius 2 is 1.76 bits per heavy atom. The van der Waals surface area contributed by atoms with Crippen LogP contribution in [0.4, 0.5) is 10.1 Å². The zero-order valence-electron chi connectivity index (χ0n) is 12.7. The van der Waals surface area contributed by atoms with E-state index in [1.807, 2.05) is 12.1 Å². The summed E-state index contributed by atoms with van der Waals surface area (Å²) in [5.41, 5.74) is 5.78. The van der Waals surface area contributed by atoms with Crippen molar-refractivity contribution in [3.05, 3.63) is 64.5 Å². The Bertz CT molecular complexity index is 648. The second kappa shape index (κ2) is 5.88. The van der Waals surface area contributed by atoms with E-state index in [1.165, 1.54) is 42.4 Å². The van der Waals surface area contributed by atoms with Crippen LogP contribution in [-0.2, 0) is 12.8 Å². The first-order valence-corrected chi connectivity index (χ1v) is 7.78. The number of aryl methyl sites for hydroxylation is 3. The lowest BCUT2D eigenvalue weighted by atomic mass is 9.89. The van der Waals surface area contributed by atoms with E-state index in [0.29, 0.717) is 5.56 Å². The molecule has 2 aromatic carbocycles. The molecule has 0 heterocycles. The van der Waals surface area contributed by atoms with Crippen LogP contribution < -0.4 is 5.32 Å². The van der Waals surface area contributed by atoms with Crippen LogP contribution in [0, 0.1) is 12.7 Å². The van der Waals surface area contributed by atoms with Gasteiger partial charge in [0.15, 0.2) is 0 Å². The second-order valence-corrected chi connectivity index (χ2v) is 6.07. The summed E-state index contributed by atoms with van der Waals surface area (Å²) in [6.07, 6.45) is 5.00. The van der Waals surface area contributed by atoms with Gasteiger partial charge in [0.25, 0.3) is 0 Å². The number of hydrogen-bond acceptors (Lipinski definition) is 1. The van der Waals surface area contributed by atoms with Crippen molar-refractivity contribution < 1.29 is 4.39 Å². The average Bonchev–Trinajstić information content (AvgIpc) is 2.50. The third-order valence-corrected chi connectivity index (χ3v) is 4.43. The quantitative estimate of drug-likeness (QED) is 0.817. The van der Waals surface area contributed by atoms with Crippen LogP contribution in [0.3, 0.4) is 0 Å². The van der Waals surface area contributed by atoms with E-state index in [0.717, 1.165) is 5.69 Å². The highest BCUT2D eigenvalue weighted by Gasteiger charge is 2.12. The predicted molar refractivity (Wildman–Crippen MR) is 86.3 cm³/mol. The van der Waals surface area contributed by atoms with E-state index < -0.39 is 0 Å². The standard InChI is InChI=1S/C19H22FN/c1-13-7-10-18(12-19(13)20)21-14(2)16-9-8-15-5-3-4-6-17(15)11-16/h7-12,14,21H,3-6H2,1-2H3. The zero-order chi connectivity index (χ0) is 14.8. The third-order valence-electron chi connectivity index (χ3n) is 4.43. The van der Waals surface area contributed by atoms with Gasteiger partial charge in [-0.15, -0.1) is 0 Å². The van der Waals surface area contributed by atoms with Gasteiger partial charge in [0.05, 0.1) is 0 Å². The Morgan fingerprint density at radius 3 is 2.52 bits per heavy atom. The van der Waals surface area contributed by atoms with Gasteiger partial charge in [-0.25, -0.2) is 4.39 Å². The monoisotopic (exact) mass is 283 g/mol. The van der Waals surface area contributed by atoms with Crippen molar-refractivity contribution in [3.8, 4) is 0 Å². The molecule has 1 nitrogen and oxygen atoms in total. The van der Waals surface area contributed by atoms with Crippen LogP contribution in [0.5, 0.6) is 0 Å². The second-order valence-electron chi connectivity index (χ2n) is 6.07. The van der Waals surface area contributed by atoms with E-state index in [2.05, 4.69) is 30.4 Å². The molecule has 3 rings (SSSR count). The summed E-state index contributed by atoms with van der Waals surface area (Å²) in [5, 5.41) is 3.39. The summed E-state index contributed by atoms with van der Waals surface area (Å²) >= 11 is 0. The summed E-state index contributed by atoms with van der Waals surface area (Å²) in [7, 11) is 0. The van der Waals surface area contributed by atoms with Crippen LogP contribution in [-0.4, -0.2) is 0 Å².